The highest BCUT2D eigenvalue weighted by Crippen LogP contribution is 2.17. The molecule has 5 atom stereocenters. The monoisotopic (exact) mass is 652 g/mol. The summed E-state index contributed by atoms with van der Waals surface area (Å²) in [6.07, 6.45) is -2.46. The Morgan fingerprint density at radius 1 is 0.935 bits per heavy atom. The van der Waals surface area contributed by atoms with Crippen LogP contribution in [-0.2, 0) is 25.7 Å². The Balaban J connectivity index is 2.78. The molecule has 0 fully saturated rings. The number of amides is 5. The van der Waals surface area contributed by atoms with Gasteiger partial charge in [0.1, 0.15) is 12.1 Å². The van der Waals surface area contributed by atoms with Crippen molar-refractivity contribution >= 4 is 29.7 Å². The smallest absolute Gasteiger partial charge is 0.426 e. The normalized spacial score (nSPS) is 14.7. The summed E-state index contributed by atoms with van der Waals surface area (Å²) in [7, 11) is 0. The van der Waals surface area contributed by atoms with Crippen molar-refractivity contribution in [2.45, 2.75) is 112 Å². The molecular weight excluding hydrogens is 596 g/mol. The molecule has 0 aliphatic carbocycles. The highest BCUT2D eigenvalue weighted by molar-refractivity contribution is 5.88. The second kappa shape index (κ2) is 19.1. The average molecular weight is 653 g/mol. The van der Waals surface area contributed by atoms with E-state index in [2.05, 4.69) is 26.5 Å². The van der Waals surface area contributed by atoms with Crippen LogP contribution < -0.4 is 27.1 Å². The molecule has 0 saturated carbocycles. The second-order valence-corrected chi connectivity index (χ2v) is 13.3. The number of aliphatic hydroxyl groups excluding tert-OH is 1. The van der Waals surface area contributed by atoms with Gasteiger partial charge in [-0.15, -0.1) is 0 Å². The van der Waals surface area contributed by atoms with Gasteiger partial charge >= 0.3 is 6.09 Å². The van der Waals surface area contributed by atoms with Gasteiger partial charge in [0, 0.05) is 24.6 Å². The zero-order chi connectivity index (χ0) is 35.3. The molecule has 1 rings (SSSR count). The van der Waals surface area contributed by atoms with Crippen LogP contribution in [0.3, 0.4) is 0 Å². The number of hydrazine groups is 1. The van der Waals surface area contributed by atoms with Gasteiger partial charge in [-0.25, -0.2) is 9.80 Å². The standard InChI is InChI=1S/C31H56N8O7/c1-17(2)12-24(25(40)13-20(7)28(42)35-27(19(5)6)30(44)33-15-18(3)4)34-26(41)10-11-38(31(45)46)37-29(43)23(32)16-39-22(9)14-21(8)36-39/h14,17-20,23-25,27,40H,10-13,15-16,32H2,1-9H3,(H,33,44)(H,34,41)(H,35,42)(H,37,43)(H,45,46)/t20-,23?,24+,25+,27?/m1/s1. The Labute approximate surface area is 272 Å². The Bertz CT molecular complexity index is 1170. The van der Waals surface area contributed by atoms with Crippen LogP contribution in [0, 0.1) is 37.5 Å². The lowest BCUT2D eigenvalue weighted by molar-refractivity contribution is -0.132. The summed E-state index contributed by atoms with van der Waals surface area (Å²) in [6.45, 7) is 16.9. The molecule has 0 spiro atoms. The van der Waals surface area contributed by atoms with Gasteiger partial charge in [0.2, 0.25) is 17.7 Å². The molecule has 0 bridgehead atoms. The number of carbonyl (C=O) groups is 5. The summed E-state index contributed by atoms with van der Waals surface area (Å²) in [4.78, 5) is 62.9. The van der Waals surface area contributed by atoms with Crippen molar-refractivity contribution in [2.24, 2.45) is 29.4 Å². The predicted molar refractivity (Wildman–Crippen MR) is 173 cm³/mol. The van der Waals surface area contributed by atoms with Gasteiger partial charge in [0.15, 0.2) is 0 Å². The fourth-order valence-corrected chi connectivity index (χ4v) is 4.74. The summed E-state index contributed by atoms with van der Waals surface area (Å²) in [6, 6.07) is -0.726. The van der Waals surface area contributed by atoms with E-state index in [0.29, 0.717) is 18.0 Å². The van der Waals surface area contributed by atoms with Gasteiger partial charge in [0.05, 0.1) is 30.9 Å². The number of nitrogens with one attached hydrogen (secondary N) is 4. The first kappa shape index (κ1) is 40.3. The molecular formula is C31H56N8O7. The molecule has 1 heterocycles. The summed E-state index contributed by atoms with van der Waals surface area (Å²) < 4.78 is 1.55. The zero-order valence-corrected chi connectivity index (χ0v) is 28.8. The number of hydrogen-bond acceptors (Lipinski definition) is 8. The maximum absolute atomic E-state index is 13.0. The van der Waals surface area contributed by atoms with E-state index in [1.54, 1.807) is 18.5 Å². The average Bonchev–Trinajstić information content (AvgIpc) is 3.26. The summed E-state index contributed by atoms with van der Waals surface area (Å²) in [5.74, 6) is -2.46. The van der Waals surface area contributed by atoms with Gasteiger partial charge in [-0.05, 0) is 50.5 Å². The van der Waals surface area contributed by atoms with Gasteiger partial charge in [-0.3, -0.25) is 29.3 Å². The van der Waals surface area contributed by atoms with E-state index in [1.165, 1.54) is 0 Å². The largest absolute Gasteiger partial charge is 0.464 e. The van der Waals surface area contributed by atoms with E-state index in [1.807, 2.05) is 54.5 Å². The lowest BCUT2D eigenvalue weighted by atomic mass is 9.92. The Morgan fingerprint density at radius 2 is 1.57 bits per heavy atom. The first-order valence-electron chi connectivity index (χ1n) is 15.9. The fraction of sp³-hybridized carbons (Fsp3) is 0.742. The second-order valence-electron chi connectivity index (χ2n) is 13.3. The number of aliphatic hydroxyl groups is 1. The lowest BCUT2D eigenvalue weighted by Gasteiger charge is -2.29. The van der Waals surface area contributed by atoms with Gasteiger partial charge in [0.25, 0.3) is 5.91 Å². The minimum Gasteiger partial charge on any atom is -0.464 e. The highest BCUT2D eigenvalue weighted by Gasteiger charge is 2.30. The quantitative estimate of drug-likeness (QED) is 0.113. The number of hydrogen-bond donors (Lipinski definition) is 7. The molecule has 46 heavy (non-hydrogen) atoms. The van der Waals surface area contributed by atoms with E-state index in [9.17, 15) is 34.2 Å². The lowest BCUT2D eigenvalue weighted by Crippen LogP contribution is -2.54. The van der Waals surface area contributed by atoms with Crippen molar-refractivity contribution in [1.29, 1.82) is 0 Å². The minimum atomic E-state index is -1.48. The topological polar surface area (TPSA) is 221 Å². The van der Waals surface area contributed by atoms with E-state index in [4.69, 9.17) is 5.73 Å². The number of aryl methyl sites for hydroxylation is 2. The van der Waals surface area contributed by atoms with Crippen molar-refractivity contribution < 1.29 is 34.2 Å². The molecule has 5 amide bonds. The molecule has 0 aliphatic rings. The van der Waals surface area contributed by atoms with Crippen molar-refractivity contribution in [2.75, 3.05) is 13.1 Å². The summed E-state index contributed by atoms with van der Waals surface area (Å²) in [5, 5.41) is 33.9. The molecule has 0 saturated heterocycles. The number of nitrogens with zero attached hydrogens (tertiary/aromatic N) is 3. The Morgan fingerprint density at radius 3 is 2.07 bits per heavy atom. The summed E-state index contributed by atoms with van der Waals surface area (Å²) in [5.41, 5.74) is 9.76. The molecule has 8 N–H and O–H groups in total. The van der Waals surface area contributed by atoms with Gasteiger partial charge < -0.3 is 31.9 Å². The Hall–Kier alpha value is -3.72. The van der Waals surface area contributed by atoms with Crippen LogP contribution in [0.1, 0.15) is 79.1 Å². The number of carboxylic acid groups (broad SMARTS) is 1. The van der Waals surface area contributed by atoms with Crippen molar-refractivity contribution in [1.82, 2.24) is 36.2 Å². The van der Waals surface area contributed by atoms with Crippen molar-refractivity contribution in [3.05, 3.63) is 17.5 Å². The first-order chi connectivity index (χ1) is 21.3. The minimum absolute atomic E-state index is 0.0202. The Kier molecular flexibility index (Phi) is 16.7. The van der Waals surface area contributed by atoms with Gasteiger partial charge in [-0.2, -0.15) is 5.10 Å². The third kappa shape index (κ3) is 14.1. The number of aromatic nitrogens is 2. The predicted octanol–water partition coefficient (Wildman–Crippen LogP) is 1.06. The molecule has 1 aromatic rings. The number of carbonyl (C=O) groups excluding carboxylic acids is 4. The molecule has 262 valence electrons. The van der Waals surface area contributed by atoms with Crippen LogP contribution in [0.15, 0.2) is 6.07 Å². The molecule has 2 unspecified atom stereocenters. The van der Waals surface area contributed by atoms with E-state index >= 15 is 0 Å². The number of rotatable bonds is 18. The third-order valence-electron chi connectivity index (χ3n) is 7.36. The third-order valence-corrected chi connectivity index (χ3v) is 7.36. The zero-order valence-electron chi connectivity index (χ0n) is 28.8. The SMILES string of the molecule is Cc1cc(C)n(CC(N)C(=O)NN(CCC(=O)N[C@@H](CC(C)C)[C@@H](O)C[C@@H](C)C(=O)NC(C(=O)NCC(C)C)C(C)C)C(=O)O)n1. The molecule has 0 radical (unpaired) electrons. The first-order valence-corrected chi connectivity index (χ1v) is 15.9. The molecule has 15 nitrogen and oxygen atoms in total. The maximum Gasteiger partial charge on any atom is 0.426 e. The van der Waals surface area contributed by atoms with Crippen molar-refractivity contribution in [3.8, 4) is 0 Å². The van der Waals surface area contributed by atoms with Crippen LogP contribution in [0.4, 0.5) is 4.79 Å². The van der Waals surface area contributed by atoms with Crippen LogP contribution in [0.2, 0.25) is 0 Å². The fourth-order valence-electron chi connectivity index (χ4n) is 4.74. The van der Waals surface area contributed by atoms with Crippen LogP contribution in [0.25, 0.3) is 0 Å². The van der Waals surface area contributed by atoms with Gasteiger partial charge in [-0.1, -0.05) is 48.5 Å². The molecule has 15 heteroatoms. The summed E-state index contributed by atoms with van der Waals surface area (Å²) >= 11 is 0. The van der Waals surface area contributed by atoms with Crippen LogP contribution in [-0.4, -0.2) is 92.0 Å². The van der Waals surface area contributed by atoms with E-state index in [-0.39, 0.29) is 49.6 Å². The molecule has 0 aliphatic heterocycles. The maximum atomic E-state index is 13.0. The molecule has 1 aromatic heterocycles. The molecule has 0 aromatic carbocycles. The van der Waals surface area contributed by atoms with Crippen LogP contribution >= 0.6 is 0 Å². The number of nitrogens with two attached hydrogens (primary N) is 1. The van der Waals surface area contributed by atoms with E-state index < -0.39 is 54.0 Å². The highest BCUT2D eigenvalue weighted by atomic mass is 16.4. The van der Waals surface area contributed by atoms with E-state index in [0.717, 1.165) is 11.4 Å². The van der Waals surface area contributed by atoms with Crippen molar-refractivity contribution in [3.63, 3.8) is 0 Å². The van der Waals surface area contributed by atoms with Crippen LogP contribution in [0.5, 0.6) is 0 Å².